The van der Waals surface area contributed by atoms with Crippen LogP contribution in [-0.2, 0) is 9.59 Å². The maximum absolute atomic E-state index is 13.8. The standard InChI is InChI=1S/C29H23Cl2FN2O2/c1-16-26(29(36)34-21-9-5-8-20(32)15-21)27(22-11-10-19(30)14-23(22)31)28-24(33-16)12-18(13-25(28)35)17-6-3-2-4-7-17/h2-11,14-15,18,27,33H,12-13H2,1H3,(H,34,36). The molecule has 1 amide bonds. The Kier molecular flexibility index (Phi) is 6.69. The molecule has 1 aliphatic carbocycles. The Bertz CT molecular complexity index is 1430. The van der Waals surface area contributed by atoms with Gasteiger partial charge in [0.1, 0.15) is 5.82 Å². The SMILES string of the molecule is CC1=C(C(=O)Nc2cccc(F)c2)C(c2ccc(Cl)cc2Cl)C2=C(CC(c3ccccc3)CC2=O)N1. The van der Waals surface area contributed by atoms with Crippen molar-refractivity contribution in [3.63, 3.8) is 0 Å². The molecule has 2 aliphatic rings. The molecule has 2 unspecified atom stereocenters. The summed E-state index contributed by atoms with van der Waals surface area (Å²) in [5, 5.41) is 6.94. The number of amides is 1. The van der Waals surface area contributed by atoms with Crippen molar-refractivity contribution < 1.29 is 14.0 Å². The highest BCUT2D eigenvalue weighted by Crippen LogP contribution is 2.47. The van der Waals surface area contributed by atoms with E-state index in [0.717, 1.165) is 11.3 Å². The van der Waals surface area contributed by atoms with Crippen LogP contribution in [0.15, 0.2) is 95.3 Å². The molecule has 182 valence electrons. The number of hydrogen-bond acceptors (Lipinski definition) is 3. The number of anilines is 1. The van der Waals surface area contributed by atoms with Crippen molar-refractivity contribution in [3.8, 4) is 0 Å². The monoisotopic (exact) mass is 520 g/mol. The largest absolute Gasteiger partial charge is 0.362 e. The Morgan fingerprint density at radius 1 is 1.00 bits per heavy atom. The number of carbonyl (C=O) groups excluding carboxylic acids is 2. The van der Waals surface area contributed by atoms with Gasteiger partial charge in [-0.2, -0.15) is 0 Å². The average Bonchev–Trinajstić information content (AvgIpc) is 2.83. The van der Waals surface area contributed by atoms with Gasteiger partial charge in [0.15, 0.2) is 5.78 Å². The predicted molar refractivity (Wildman–Crippen MR) is 141 cm³/mol. The van der Waals surface area contributed by atoms with Crippen LogP contribution in [0.1, 0.15) is 42.7 Å². The summed E-state index contributed by atoms with van der Waals surface area (Å²) in [6.07, 6.45) is 0.951. The van der Waals surface area contributed by atoms with Gasteiger partial charge in [-0.1, -0.05) is 65.7 Å². The number of benzene rings is 3. The Morgan fingerprint density at radius 3 is 2.50 bits per heavy atom. The Hall–Kier alpha value is -3.41. The number of Topliss-reactive ketones (excluding diaryl/α,β-unsaturated/α-hetero) is 1. The van der Waals surface area contributed by atoms with Crippen molar-refractivity contribution in [1.29, 1.82) is 0 Å². The number of allylic oxidation sites excluding steroid dienone is 3. The molecule has 1 aliphatic heterocycles. The number of rotatable bonds is 4. The first-order chi connectivity index (χ1) is 17.3. The van der Waals surface area contributed by atoms with Crippen LogP contribution < -0.4 is 10.6 Å². The summed E-state index contributed by atoms with van der Waals surface area (Å²) in [6.45, 7) is 1.80. The van der Waals surface area contributed by atoms with Crippen LogP contribution >= 0.6 is 23.2 Å². The van der Waals surface area contributed by atoms with Gasteiger partial charge >= 0.3 is 0 Å². The Labute approximate surface area is 218 Å². The van der Waals surface area contributed by atoms with Gasteiger partial charge in [0.25, 0.3) is 5.91 Å². The molecule has 2 atom stereocenters. The minimum absolute atomic E-state index is 0.0294. The first-order valence-corrected chi connectivity index (χ1v) is 12.4. The van der Waals surface area contributed by atoms with E-state index in [4.69, 9.17) is 23.2 Å². The summed E-state index contributed by atoms with van der Waals surface area (Å²) in [5.74, 6) is -1.61. The molecule has 36 heavy (non-hydrogen) atoms. The summed E-state index contributed by atoms with van der Waals surface area (Å²) in [6, 6.07) is 20.7. The zero-order valence-corrected chi connectivity index (χ0v) is 21.0. The second kappa shape index (κ2) is 9.92. The maximum Gasteiger partial charge on any atom is 0.254 e. The van der Waals surface area contributed by atoms with E-state index in [1.165, 1.54) is 18.2 Å². The number of dihydropyridines is 1. The van der Waals surface area contributed by atoms with Crippen LogP contribution in [0.5, 0.6) is 0 Å². The molecule has 3 aromatic carbocycles. The van der Waals surface area contributed by atoms with Crippen molar-refractivity contribution in [1.82, 2.24) is 5.32 Å². The fourth-order valence-corrected chi connectivity index (χ4v) is 5.63. The number of carbonyl (C=O) groups is 2. The molecule has 0 bridgehead atoms. The quantitative estimate of drug-likeness (QED) is 0.384. The van der Waals surface area contributed by atoms with E-state index in [1.54, 1.807) is 31.2 Å². The van der Waals surface area contributed by atoms with Crippen LogP contribution in [0.25, 0.3) is 0 Å². The van der Waals surface area contributed by atoms with Gasteiger partial charge in [-0.25, -0.2) is 4.39 Å². The lowest BCUT2D eigenvalue weighted by molar-refractivity contribution is -0.116. The van der Waals surface area contributed by atoms with E-state index in [0.29, 0.717) is 51.0 Å². The van der Waals surface area contributed by atoms with E-state index in [2.05, 4.69) is 10.6 Å². The molecule has 2 N–H and O–H groups in total. The van der Waals surface area contributed by atoms with Crippen LogP contribution in [-0.4, -0.2) is 11.7 Å². The lowest BCUT2D eigenvalue weighted by Crippen LogP contribution is -2.37. The van der Waals surface area contributed by atoms with Gasteiger partial charge in [0.2, 0.25) is 0 Å². The van der Waals surface area contributed by atoms with Gasteiger partial charge in [-0.15, -0.1) is 0 Å². The topological polar surface area (TPSA) is 58.2 Å². The molecule has 0 spiro atoms. The third kappa shape index (κ3) is 4.69. The van der Waals surface area contributed by atoms with Crippen molar-refractivity contribution in [2.24, 2.45) is 0 Å². The van der Waals surface area contributed by atoms with Crippen molar-refractivity contribution in [2.75, 3.05) is 5.32 Å². The fourth-order valence-electron chi connectivity index (χ4n) is 5.11. The van der Waals surface area contributed by atoms with Gasteiger partial charge in [0.05, 0.1) is 0 Å². The van der Waals surface area contributed by atoms with Crippen LogP contribution in [0, 0.1) is 5.82 Å². The molecule has 0 fully saturated rings. The van der Waals surface area contributed by atoms with Gasteiger partial charge in [-0.05, 0) is 60.7 Å². The molecule has 0 saturated heterocycles. The molecule has 0 radical (unpaired) electrons. The molecule has 7 heteroatoms. The number of hydrogen-bond donors (Lipinski definition) is 2. The number of nitrogens with one attached hydrogen (secondary N) is 2. The molecule has 1 heterocycles. The minimum Gasteiger partial charge on any atom is -0.362 e. The molecule has 3 aromatic rings. The van der Waals surface area contributed by atoms with E-state index < -0.39 is 17.6 Å². The summed E-state index contributed by atoms with van der Waals surface area (Å²) in [5.41, 5.74) is 4.31. The highest BCUT2D eigenvalue weighted by molar-refractivity contribution is 6.35. The van der Waals surface area contributed by atoms with E-state index in [9.17, 15) is 14.0 Å². The average molecular weight is 521 g/mol. The Morgan fingerprint density at radius 2 is 1.78 bits per heavy atom. The second-order valence-corrected chi connectivity index (χ2v) is 9.90. The first kappa shape index (κ1) is 24.3. The second-order valence-electron chi connectivity index (χ2n) is 9.06. The molecule has 0 saturated carbocycles. The predicted octanol–water partition coefficient (Wildman–Crippen LogP) is 7.13. The third-order valence-electron chi connectivity index (χ3n) is 6.70. The zero-order valence-electron chi connectivity index (χ0n) is 19.4. The van der Waals surface area contributed by atoms with Gasteiger partial charge in [0, 0.05) is 50.6 Å². The number of halogens is 3. The van der Waals surface area contributed by atoms with Gasteiger partial charge in [-0.3, -0.25) is 9.59 Å². The lowest BCUT2D eigenvalue weighted by Gasteiger charge is -2.37. The van der Waals surface area contributed by atoms with E-state index in [-0.39, 0.29) is 11.7 Å². The Balaban J connectivity index is 1.59. The fraction of sp³-hybridized carbons (Fsp3) is 0.172. The highest BCUT2D eigenvalue weighted by Gasteiger charge is 2.41. The molecule has 5 rings (SSSR count). The lowest BCUT2D eigenvalue weighted by atomic mass is 9.71. The summed E-state index contributed by atoms with van der Waals surface area (Å²) in [7, 11) is 0. The maximum atomic E-state index is 13.8. The third-order valence-corrected chi connectivity index (χ3v) is 7.26. The highest BCUT2D eigenvalue weighted by atomic mass is 35.5. The summed E-state index contributed by atoms with van der Waals surface area (Å²) >= 11 is 12.8. The van der Waals surface area contributed by atoms with Gasteiger partial charge < -0.3 is 10.6 Å². The first-order valence-electron chi connectivity index (χ1n) is 11.6. The smallest absolute Gasteiger partial charge is 0.254 e. The van der Waals surface area contributed by atoms with Crippen molar-refractivity contribution >= 4 is 40.6 Å². The van der Waals surface area contributed by atoms with Crippen molar-refractivity contribution in [3.05, 3.63) is 122 Å². The minimum atomic E-state index is -0.691. The van der Waals surface area contributed by atoms with Crippen LogP contribution in [0.3, 0.4) is 0 Å². The van der Waals surface area contributed by atoms with Crippen molar-refractivity contribution in [2.45, 2.75) is 31.6 Å². The van der Waals surface area contributed by atoms with Crippen LogP contribution in [0.4, 0.5) is 10.1 Å². The summed E-state index contributed by atoms with van der Waals surface area (Å²) in [4.78, 5) is 27.3. The van der Waals surface area contributed by atoms with E-state index in [1.807, 2.05) is 30.3 Å². The molecule has 0 aromatic heterocycles. The molecular weight excluding hydrogens is 498 g/mol. The molecule has 4 nitrogen and oxygen atoms in total. The summed E-state index contributed by atoms with van der Waals surface area (Å²) < 4.78 is 13.8. The zero-order chi connectivity index (χ0) is 25.4. The normalized spacial score (nSPS) is 19.6. The van der Waals surface area contributed by atoms with E-state index >= 15 is 0 Å². The number of ketones is 1. The molecular formula is C29H23Cl2FN2O2. The van der Waals surface area contributed by atoms with Crippen LogP contribution in [0.2, 0.25) is 10.0 Å².